The molecule has 20 heavy (non-hydrogen) atoms. The van der Waals surface area contributed by atoms with Gasteiger partial charge in [0.1, 0.15) is 5.82 Å². The summed E-state index contributed by atoms with van der Waals surface area (Å²) < 4.78 is 14.1. The Morgan fingerprint density at radius 2 is 1.90 bits per heavy atom. The molecule has 2 N–H and O–H groups in total. The van der Waals surface area contributed by atoms with Gasteiger partial charge in [-0.05, 0) is 30.7 Å². The van der Waals surface area contributed by atoms with Gasteiger partial charge in [-0.15, -0.1) is 0 Å². The van der Waals surface area contributed by atoms with Crippen molar-refractivity contribution in [2.45, 2.75) is 39.7 Å². The molecule has 0 radical (unpaired) electrons. The smallest absolute Gasteiger partial charge is 0.128 e. The number of hydrogen-bond donors (Lipinski definition) is 1. The second-order valence-corrected chi connectivity index (χ2v) is 5.62. The zero-order chi connectivity index (χ0) is 15.1. The predicted octanol–water partition coefficient (Wildman–Crippen LogP) is 4.24. The Morgan fingerprint density at radius 1 is 1.25 bits per heavy atom. The molecule has 0 heterocycles. The van der Waals surface area contributed by atoms with Crippen molar-refractivity contribution in [3.63, 3.8) is 0 Å². The van der Waals surface area contributed by atoms with E-state index in [2.05, 4.69) is 25.7 Å². The van der Waals surface area contributed by atoms with Crippen LogP contribution in [0.1, 0.15) is 45.2 Å². The summed E-state index contributed by atoms with van der Waals surface area (Å²) in [5.41, 5.74) is 6.51. The van der Waals surface area contributed by atoms with Crippen LogP contribution < -0.4 is 5.73 Å². The molecule has 0 saturated carbocycles. The van der Waals surface area contributed by atoms with Crippen LogP contribution in [0.3, 0.4) is 0 Å². The van der Waals surface area contributed by atoms with Crippen molar-refractivity contribution in [1.82, 2.24) is 4.90 Å². The Morgan fingerprint density at radius 3 is 2.40 bits per heavy atom. The summed E-state index contributed by atoms with van der Waals surface area (Å²) in [6.45, 7) is 8.67. The predicted molar refractivity (Wildman–Crippen MR) is 84.5 cm³/mol. The number of nitrogens with two attached hydrogens (primary N) is 1. The largest absolute Gasteiger partial charge is 0.329 e. The van der Waals surface area contributed by atoms with Gasteiger partial charge in [0.2, 0.25) is 0 Å². The first-order valence-corrected chi connectivity index (χ1v) is 7.84. The number of halogens is 2. The first-order valence-electron chi connectivity index (χ1n) is 7.46. The highest BCUT2D eigenvalue weighted by Crippen LogP contribution is 2.27. The lowest BCUT2D eigenvalue weighted by atomic mass is 9.99. The Bertz CT molecular complexity index is 407. The van der Waals surface area contributed by atoms with Gasteiger partial charge in [-0.2, -0.15) is 0 Å². The molecule has 1 rings (SSSR count). The number of benzene rings is 1. The number of hydrogen-bond acceptors (Lipinski definition) is 2. The first kappa shape index (κ1) is 17.4. The maximum atomic E-state index is 14.1. The van der Waals surface area contributed by atoms with Gasteiger partial charge in [0.25, 0.3) is 0 Å². The average Bonchev–Trinajstić information content (AvgIpc) is 2.46. The van der Waals surface area contributed by atoms with Gasteiger partial charge in [-0.25, -0.2) is 4.39 Å². The molecule has 1 aromatic carbocycles. The summed E-state index contributed by atoms with van der Waals surface area (Å²) in [5, 5.41) is 0.554. The molecular formula is C16H26ClFN2. The third kappa shape index (κ3) is 4.44. The molecule has 0 aliphatic carbocycles. The van der Waals surface area contributed by atoms with Crippen LogP contribution in [0.2, 0.25) is 5.02 Å². The summed E-state index contributed by atoms with van der Waals surface area (Å²) in [5.74, 6) is 0.388. The zero-order valence-electron chi connectivity index (χ0n) is 12.7. The quantitative estimate of drug-likeness (QED) is 0.778. The first-order chi connectivity index (χ1) is 9.57. The summed E-state index contributed by atoms with van der Waals surface area (Å²) in [7, 11) is 0. The molecule has 2 nitrogen and oxygen atoms in total. The van der Waals surface area contributed by atoms with E-state index in [4.69, 9.17) is 17.3 Å². The highest BCUT2D eigenvalue weighted by Gasteiger charge is 2.23. The minimum absolute atomic E-state index is 0.112. The van der Waals surface area contributed by atoms with E-state index in [-0.39, 0.29) is 11.9 Å². The Hall–Kier alpha value is -0.640. The van der Waals surface area contributed by atoms with E-state index in [0.29, 0.717) is 23.0 Å². The lowest BCUT2D eigenvalue weighted by molar-refractivity contribution is 0.171. The summed E-state index contributed by atoms with van der Waals surface area (Å²) in [6, 6.07) is 4.58. The maximum Gasteiger partial charge on any atom is 0.128 e. The van der Waals surface area contributed by atoms with Crippen LogP contribution in [0.4, 0.5) is 4.39 Å². The fraction of sp³-hybridized carbons (Fsp3) is 0.625. The molecule has 1 atom stereocenters. The van der Waals surface area contributed by atoms with E-state index in [1.165, 1.54) is 6.07 Å². The Balaban J connectivity index is 2.99. The summed E-state index contributed by atoms with van der Waals surface area (Å²) >= 11 is 6.00. The van der Waals surface area contributed by atoms with Crippen LogP contribution in [0.5, 0.6) is 0 Å². The van der Waals surface area contributed by atoms with Gasteiger partial charge < -0.3 is 5.73 Å². The van der Waals surface area contributed by atoms with Crippen molar-refractivity contribution in [3.05, 3.63) is 34.6 Å². The van der Waals surface area contributed by atoms with E-state index in [1.807, 2.05) is 0 Å². The van der Waals surface area contributed by atoms with E-state index < -0.39 is 0 Å². The van der Waals surface area contributed by atoms with Gasteiger partial charge in [-0.3, -0.25) is 4.90 Å². The van der Waals surface area contributed by atoms with Crippen molar-refractivity contribution in [1.29, 1.82) is 0 Å². The molecule has 1 unspecified atom stereocenters. The van der Waals surface area contributed by atoms with Gasteiger partial charge >= 0.3 is 0 Å². The SMILES string of the molecule is CCC(CC)CN(CC)C(CN)c1cc(Cl)ccc1F. The maximum absolute atomic E-state index is 14.1. The molecule has 0 aromatic heterocycles. The minimum Gasteiger partial charge on any atom is -0.329 e. The fourth-order valence-electron chi connectivity index (χ4n) is 2.60. The van der Waals surface area contributed by atoms with Crippen molar-refractivity contribution >= 4 is 11.6 Å². The Kier molecular flexibility index (Phi) is 7.49. The number of likely N-dealkylation sites (N-methyl/N-ethyl adjacent to an activating group) is 1. The van der Waals surface area contributed by atoms with E-state index >= 15 is 0 Å². The van der Waals surface area contributed by atoms with Gasteiger partial charge in [0.15, 0.2) is 0 Å². The van der Waals surface area contributed by atoms with Crippen molar-refractivity contribution in [2.24, 2.45) is 11.7 Å². The molecule has 4 heteroatoms. The average molecular weight is 301 g/mol. The summed E-state index contributed by atoms with van der Waals surface area (Å²) in [6.07, 6.45) is 2.25. The molecular weight excluding hydrogens is 275 g/mol. The van der Waals surface area contributed by atoms with Crippen LogP contribution in [0.15, 0.2) is 18.2 Å². The third-order valence-electron chi connectivity index (χ3n) is 4.03. The van der Waals surface area contributed by atoms with Crippen molar-refractivity contribution < 1.29 is 4.39 Å². The van der Waals surface area contributed by atoms with Gasteiger partial charge in [0, 0.05) is 29.7 Å². The molecule has 0 spiro atoms. The highest BCUT2D eigenvalue weighted by molar-refractivity contribution is 6.30. The van der Waals surface area contributed by atoms with Crippen LogP contribution in [-0.4, -0.2) is 24.5 Å². The lowest BCUT2D eigenvalue weighted by Crippen LogP contribution is -2.37. The second-order valence-electron chi connectivity index (χ2n) is 5.19. The lowest BCUT2D eigenvalue weighted by Gasteiger charge is -2.33. The van der Waals surface area contributed by atoms with Crippen LogP contribution >= 0.6 is 11.6 Å². The third-order valence-corrected chi connectivity index (χ3v) is 4.27. The molecule has 0 fully saturated rings. The normalized spacial score (nSPS) is 13.2. The topological polar surface area (TPSA) is 29.3 Å². The van der Waals surface area contributed by atoms with Crippen LogP contribution in [0, 0.1) is 11.7 Å². The number of nitrogens with zero attached hydrogens (tertiary/aromatic N) is 1. The molecule has 0 saturated heterocycles. The standard InChI is InChI=1S/C16H26ClFN2/c1-4-12(5-2)11-20(6-3)16(10-19)14-9-13(17)7-8-15(14)18/h7-9,12,16H,4-6,10-11,19H2,1-3H3. The fourth-order valence-corrected chi connectivity index (χ4v) is 2.78. The van der Waals surface area contributed by atoms with Gasteiger partial charge in [-0.1, -0.05) is 45.2 Å². The molecule has 0 amide bonds. The minimum atomic E-state index is -0.229. The van der Waals surface area contributed by atoms with Crippen LogP contribution in [-0.2, 0) is 0 Å². The van der Waals surface area contributed by atoms with Crippen molar-refractivity contribution in [3.8, 4) is 0 Å². The summed E-state index contributed by atoms with van der Waals surface area (Å²) in [4.78, 5) is 2.26. The van der Waals surface area contributed by atoms with E-state index in [1.54, 1.807) is 12.1 Å². The van der Waals surface area contributed by atoms with E-state index in [0.717, 1.165) is 25.9 Å². The molecule has 0 aliphatic heterocycles. The van der Waals surface area contributed by atoms with Gasteiger partial charge in [0.05, 0.1) is 0 Å². The zero-order valence-corrected chi connectivity index (χ0v) is 13.5. The van der Waals surface area contributed by atoms with Crippen LogP contribution in [0.25, 0.3) is 0 Å². The molecule has 114 valence electrons. The monoisotopic (exact) mass is 300 g/mol. The molecule has 0 aliphatic rings. The Labute approximate surface area is 127 Å². The number of rotatable bonds is 8. The van der Waals surface area contributed by atoms with Crippen molar-refractivity contribution in [2.75, 3.05) is 19.6 Å². The highest BCUT2D eigenvalue weighted by atomic mass is 35.5. The van der Waals surface area contributed by atoms with E-state index in [9.17, 15) is 4.39 Å². The molecule has 0 bridgehead atoms. The second kappa shape index (κ2) is 8.60. The molecule has 1 aromatic rings.